The molecule has 4 N–H and O–H groups in total. The van der Waals surface area contributed by atoms with Crippen LogP contribution in [0.3, 0.4) is 0 Å². The average Bonchev–Trinajstić information content (AvgIpc) is 3.14. The number of carboxylic acid groups (broad SMARTS) is 2. The number of benzene rings is 2. The normalized spacial score (nSPS) is 17.8. The first-order valence-corrected chi connectivity index (χ1v) is 17.2. The van der Waals surface area contributed by atoms with Gasteiger partial charge in [0.15, 0.2) is 17.9 Å². The number of β-lactam (4-membered cyclic amide) rings is 1. The summed E-state index contributed by atoms with van der Waals surface area (Å²) in [4.78, 5) is 114. The summed E-state index contributed by atoms with van der Waals surface area (Å²) in [5.41, 5.74) is -4.44. The van der Waals surface area contributed by atoms with Crippen LogP contribution in [0, 0.1) is 0 Å². The van der Waals surface area contributed by atoms with E-state index in [0.717, 1.165) is 62.9 Å². The topological polar surface area (TPSA) is 281 Å². The molecule has 0 bridgehead atoms. The number of carboxylic acids is 2. The van der Waals surface area contributed by atoms with E-state index in [1.807, 2.05) is 0 Å². The van der Waals surface area contributed by atoms with E-state index in [0.29, 0.717) is 0 Å². The van der Waals surface area contributed by atoms with Crippen molar-refractivity contribution in [2.24, 2.45) is 0 Å². The standard InChI is InChI=1S/C35H31N3O17S/c1-15(39)51-11-19-14-56-34-35(50-4,33(49)38(34)26(19)32(47)48)37-31(46)25(18-5-7-20(8-6-18)52-13-24(42)43)36-30(45)22-12-53-28-21(27(22)44)9-10-23(54-16(2)40)29(28)55-17(3)41/h5-10,12,25,34H,11,13-14H2,1-4H3,(H,36,45)(H,37,46)(H,42,43)(H,47,48)/t25?,34-,35+/m1/s1. The van der Waals surface area contributed by atoms with Gasteiger partial charge >= 0.3 is 29.8 Å². The molecule has 2 aromatic carbocycles. The van der Waals surface area contributed by atoms with Crippen molar-refractivity contribution in [2.45, 2.75) is 37.9 Å². The third-order valence-corrected chi connectivity index (χ3v) is 9.48. The number of thioether (sulfide) groups is 1. The lowest BCUT2D eigenvalue weighted by atomic mass is 9.96. The third kappa shape index (κ3) is 8.03. The maximum absolute atomic E-state index is 14.2. The molecule has 1 fully saturated rings. The molecule has 3 amide bonds. The van der Waals surface area contributed by atoms with Gasteiger partial charge in [0.05, 0.1) is 5.39 Å². The maximum Gasteiger partial charge on any atom is 0.352 e. The van der Waals surface area contributed by atoms with Crippen LogP contribution in [0.15, 0.2) is 63.1 Å². The van der Waals surface area contributed by atoms with Gasteiger partial charge in [0.1, 0.15) is 41.3 Å². The van der Waals surface area contributed by atoms with Crippen LogP contribution in [0.1, 0.15) is 42.7 Å². The molecule has 2 aliphatic heterocycles. The summed E-state index contributed by atoms with van der Waals surface area (Å²) in [6.45, 7) is 2.16. The third-order valence-electron chi connectivity index (χ3n) is 8.11. The van der Waals surface area contributed by atoms with Crippen molar-refractivity contribution in [3.63, 3.8) is 0 Å². The van der Waals surface area contributed by atoms with Crippen molar-refractivity contribution in [3.05, 3.63) is 75.3 Å². The molecule has 1 aromatic heterocycles. The largest absolute Gasteiger partial charge is 0.482 e. The Hall–Kier alpha value is -6.74. The van der Waals surface area contributed by atoms with Gasteiger partial charge in [-0.3, -0.25) is 38.5 Å². The number of hydrogen-bond acceptors (Lipinski definition) is 16. The first-order chi connectivity index (χ1) is 26.5. The minimum Gasteiger partial charge on any atom is -0.482 e. The van der Waals surface area contributed by atoms with E-state index in [-0.39, 0.29) is 39.4 Å². The Morgan fingerprint density at radius 2 is 1.64 bits per heavy atom. The molecule has 1 saturated heterocycles. The van der Waals surface area contributed by atoms with Crippen molar-refractivity contribution < 1.29 is 76.7 Å². The number of amides is 3. The highest BCUT2D eigenvalue weighted by atomic mass is 32.2. The number of nitrogens with one attached hydrogen (secondary N) is 2. The smallest absolute Gasteiger partial charge is 0.352 e. The van der Waals surface area contributed by atoms with Crippen LogP contribution in [0.25, 0.3) is 11.0 Å². The number of carbonyl (C=O) groups excluding carboxylic acids is 6. The molecule has 0 radical (unpaired) electrons. The van der Waals surface area contributed by atoms with Gasteiger partial charge in [-0.15, -0.1) is 11.8 Å². The molecule has 5 rings (SSSR count). The number of fused-ring (bicyclic) bond motifs is 2. The van der Waals surface area contributed by atoms with E-state index in [4.69, 9.17) is 33.2 Å². The number of nitrogens with zero attached hydrogens (tertiary/aromatic N) is 1. The first kappa shape index (κ1) is 40.4. The lowest BCUT2D eigenvalue weighted by Crippen LogP contribution is -2.81. The van der Waals surface area contributed by atoms with Crippen molar-refractivity contribution in [1.29, 1.82) is 0 Å². The van der Waals surface area contributed by atoms with Gasteiger partial charge in [0, 0.05) is 39.2 Å². The zero-order chi connectivity index (χ0) is 41.1. The van der Waals surface area contributed by atoms with E-state index < -0.39 is 100 Å². The van der Waals surface area contributed by atoms with Crippen LogP contribution in [0.4, 0.5) is 0 Å². The summed E-state index contributed by atoms with van der Waals surface area (Å²) in [5.74, 6) is -8.97. The number of aliphatic carboxylic acids is 2. The van der Waals surface area contributed by atoms with Crippen molar-refractivity contribution in [3.8, 4) is 17.2 Å². The highest BCUT2D eigenvalue weighted by Crippen LogP contribution is 2.47. The molecule has 0 aliphatic carbocycles. The Morgan fingerprint density at radius 1 is 0.964 bits per heavy atom. The Bertz CT molecular complexity index is 2270. The van der Waals surface area contributed by atoms with Gasteiger partial charge in [-0.05, 0) is 29.8 Å². The number of rotatable bonds is 14. The molecular weight excluding hydrogens is 766 g/mol. The second-order valence-corrected chi connectivity index (χ2v) is 13.0. The minimum absolute atomic E-state index is 0.0350. The van der Waals surface area contributed by atoms with Gasteiger partial charge in [-0.2, -0.15) is 0 Å². The Morgan fingerprint density at radius 3 is 2.23 bits per heavy atom. The van der Waals surface area contributed by atoms with Crippen LogP contribution in [0.5, 0.6) is 17.2 Å². The number of carbonyl (C=O) groups is 8. The van der Waals surface area contributed by atoms with Crippen LogP contribution in [-0.2, 0) is 43.0 Å². The summed E-state index contributed by atoms with van der Waals surface area (Å²) in [7, 11) is 1.09. The van der Waals surface area contributed by atoms with Gasteiger partial charge in [-0.1, -0.05) is 12.1 Å². The molecule has 0 saturated carbocycles. The molecule has 2 aliphatic rings. The Kier molecular flexibility index (Phi) is 11.8. The molecule has 3 heterocycles. The molecule has 3 aromatic rings. The quantitative estimate of drug-likeness (QED) is 0.0761. The van der Waals surface area contributed by atoms with E-state index >= 15 is 0 Å². The minimum atomic E-state index is -2.17. The van der Waals surface area contributed by atoms with Crippen molar-refractivity contribution in [1.82, 2.24) is 15.5 Å². The lowest BCUT2D eigenvalue weighted by molar-refractivity contribution is -0.193. The van der Waals surface area contributed by atoms with Crippen LogP contribution in [0.2, 0.25) is 0 Å². The van der Waals surface area contributed by atoms with Crippen LogP contribution < -0.4 is 30.3 Å². The molecule has 56 heavy (non-hydrogen) atoms. The molecule has 3 atom stereocenters. The Balaban J connectivity index is 1.50. The second kappa shape index (κ2) is 16.3. The molecule has 294 valence electrons. The zero-order valence-corrected chi connectivity index (χ0v) is 30.5. The molecular formula is C35H31N3O17S. The molecule has 0 spiro atoms. The SMILES string of the molecule is CO[C@@]1(NC(=O)C(NC(=O)c2coc3c(OC(C)=O)c(OC(C)=O)ccc3c2=O)c2ccc(OCC(=O)O)cc2)C(=O)N2C(C(=O)O)=C(COC(C)=O)CS[C@@H]21. The lowest BCUT2D eigenvalue weighted by Gasteiger charge is -2.56. The highest BCUT2D eigenvalue weighted by Gasteiger charge is 2.67. The first-order valence-electron chi connectivity index (χ1n) is 16.1. The molecule has 21 heteroatoms. The van der Waals surface area contributed by atoms with E-state index in [2.05, 4.69) is 10.6 Å². The predicted molar refractivity (Wildman–Crippen MR) is 187 cm³/mol. The zero-order valence-electron chi connectivity index (χ0n) is 29.7. The summed E-state index contributed by atoms with van der Waals surface area (Å²) in [5, 5.41) is 22.4. The van der Waals surface area contributed by atoms with Gasteiger partial charge in [0.25, 0.3) is 17.5 Å². The fourth-order valence-electron chi connectivity index (χ4n) is 5.70. The van der Waals surface area contributed by atoms with Gasteiger partial charge < -0.3 is 48.9 Å². The van der Waals surface area contributed by atoms with Gasteiger partial charge in [-0.25, -0.2) is 9.59 Å². The van der Waals surface area contributed by atoms with Crippen LogP contribution in [-0.4, -0.2) is 99.9 Å². The molecule has 1 unspecified atom stereocenters. The summed E-state index contributed by atoms with van der Waals surface area (Å²) < 4.78 is 31.3. The average molecular weight is 798 g/mol. The number of ether oxygens (including phenoxy) is 5. The number of methoxy groups -OCH3 is 1. The van der Waals surface area contributed by atoms with Crippen LogP contribution >= 0.6 is 11.8 Å². The van der Waals surface area contributed by atoms with E-state index in [9.17, 15) is 48.3 Å². The van der Waals surface area contributed by atoms with Crippen molar-refractivity contribution in [2.75, 3.05) is 26.1 Å². The fourth-order valence-corrected chi connectivity index (χ4v) is 7.12. The van der Waals surface area contributed by atoms with E-state index in [1.165, 1.54) is 24.3 Å². The van der Waals surface area contributed by atoms with Crippen molar-refractivity contribution >= 4 is 70.3 Å². The predicted octanol–water partition coefficient (Wildman–Crippen LogP) is 0.854. The summed E-state index contributed by atoms with van der Waals surface area (Å²) >= 11 is 0.999. The monoisotopic (exact) mass is 797 g/mol. The molecule has 20 nitrogen and oxygen atoms in total. The summed E-state index contributed by atoms with van der Waals surface area (Å²) in [6.07, 6.45) is 0.720. The highest BCUT2D eigenvalue weighted by molar-refractivity contribution is 8.00. The Labute approximate surface area is 318 Å². The summed E-state index contributed by atoms with van der Waals surface area (Å²) in [6, 6.07) is 5.75. The number of esters is 3. The van der Waals surface area contributed by atoms with E-state index in [1.54, 1.807) is 0 Å². The fraction of sp³-hybridized carbons (Fsp3) is 0.286. The second-order valence-electron chi connectivity index (χ2n) is 11.9. The number of hydrogen-bond donors (Lipinski definition) is 4. The van der Waals surface area contributed by atoms with Gasteiger partial charge in [0.2, 0.25) is 17.1 Å². The maximum atomic E-state index is 14.2.